The van der Waals surface area contributed by atoms with Crippen molar-refractivity contribution in [2.24, 2.45) is 0 Å². The second kappa shape index (κ2) is 7.13. The molecule has 0 bridgehead atoms. The molecular weight excluding hydrogens is 230 g/mol. The number of rotatable bonds is 7. The highest BCUT2D eigenvalue weighted by atomic mass is 16.5. The lowest BCUT2D eigenvalue weighted by Gasteiger charge is -2.17. The predicted molar refractivity (Wildman–Crippen MR) is 70.9 cm³/mol. The number of benzene rings is 1. The molecule has 0 spiro atoms. The van der Waals surface area contributed by atoms with Crippen molar-refractivity contribution < 1.29 is 14.6 Å². The Labute approximate surface area is 108 Å². The van der Waals surface area contributed by atoms with Crippen LogP contribution >= 0.6 is 0 Å². The van der Waals surface area contributed by atoms with Crippen LogP contribution in [0, 0.1) is 0 Å². The average Bonchev–Trinajstić information content (AvgIpc) is 2.32. The summed E-state index contributed by atoms with van der Waals surface area (Å²) >= 11 is 0. The molecule has 0 aliphatic rings. The first kappa shape index (κ1) is 14.7. The Morgan fingerprint density at radius 3 is 2.78 bits per heavy atom. The van der Waals surface area contributed by atoms with E-state index in [0.717, 1.165) is 12.1 Å². The molecule has 1 aromatic rings. The number of ketones is 1. The van der Waals surface area contributed by atoms with Crippen LogP contribution in [-0.4, -0.2) is 42.6 Å². The van der Waals surface area contributed by atoms with Crippen LogP contribution in [0.1, 0.15) is 29.8 Å². The lowest BCUT2D eigenvalue weighted by atomic mass is 10.1. The summed E-state index contributed by atoms with van der Waals surface area (Å²) in [5.74, 6) is 0.233. The molecule has 100 valence electrons. The van der Waals surface area contributed by atoms with E-state index in [2.05, 4.69) is 4.90 Å². The summed E-state index contributed by atoms with van der Waals surface area (Å²) in [5, 5.41) is 9.77. The monoisotopic (exact) mass is 251 g/mol. The van der Waals surface area contributed by atoms with E-state index in [9.17, 15) is 9.90 Å². The van der Waals surface area contributed by atoms with Crippen molar-refractivity contribution in [2.45, 2.75) is 20.4 Å². The maximum absolute atomic E-state index is 11.3. The number of phenols is 1. The summed E-state index contributed by atoms with van der Waals surface area (Å²) in [7, 11) is 1.96. The van der Waals surface area contributed by atoms with E-state index in [1.807, 2.05) is 14.0 Å². The van der Waals surface area contributed by atoms with Gasteiger partial charge in [-0.15, -0.1) is 0 Å². The van der Waals surface area contributed by atoms with Gasteiger partial charge in [-0.3, -0.25) is 9.69 Å². The van der Waals surface area contributed by atoms with Crippen LogP contribution in [0.2, 0.25) is 0 Å². The van der Waals surface area contributed by atoms with Crippen molar-refractivity contribution in [3.8, 4) is 5.75 Å². The zero-order valence-electron chi connectivity index (χ0n) is 11.3. The number of aromatic hydroxyl groups is 1. The molecule has 0 fully saturated rings. The molecule has 18 heavy (non-hydrogen) atoms. The zero-order chi connectivity index (χ0) is 13.5. The normalized spacial score (nSPS) is 10.9. The number of hydrogen-bond donors (Lipinski definition) is 1. The maximum atomic E-state index is 11.3. The zero-order valence-corrected chi connectivity index (χ0v) is 11.3. The van der Waals surface area contributed by atoms with Gasteiger partial charge in [0.1, 0.15) is 5.75 Å². The summed E-state index contributed by atoms with van der Waals surface area (Å²) in [5.41, 5.74) is 1.39. The van der Waals surface area contributed by atoms with Gasteiger partial charge in [-0.25, -0.2) is 0 Å². The third-order valence-corrected chi connectivity index (χ3v) is 2.75. The third-order valence-electron chi connectivity index (χ3n) is 2.75. The molecule has 0 radical (unpaired) electrons. The van der Waals surface area contributed by atoms with Gasteiger partial charge in [0.2, 0.25) is 0 Å². The van der Waals surface area contributed by atoms with Gasteiger partial charge in [-0.1, -0.05) is 0 Å². The molecule has 0 saturated carbocycles. The molecule has 0 aliphatic heterocycles. The van der Waals surface area contributed by atoms with Gasteiger partial charge in [0.05, 0.1) is 6.61 Å². The lowest BCUT2D eigenvalue weighted by molar-refractivity contribution is 0.101. The summed E-state index contributed by atoms with van der Waals surface area (Å²) in [6.07, 6.45) is 0. The first-order chi connectivity index (χ1) is 8.54. The average molecular weight is 251 g/mol. The Kier molecular flexibility index (Phi) is 5.82. The molecule has 0 saturated heterocycles. The second-order valence-corrected chi connectivity index (χ2v) is 4.33. The van der Waals surface area contributed by atoms with E-state index in [0.29, 0.717) is 25.3 Å². The number of ether oxygens (including phenoxy) is 1. The van der Waals surface area contributed by atoms with E-state index in [1.54, 1.807) is 18.2 Å². The van der Waals surface area contributed by atoms with Crippen molar-refractivity contribution in [3.05, 3.63) is 29.3 Å². The summed E-state index contributed by atoms with van der Waals surface area (Å²) in [6, 6.07) is 4.96. The van der Waals surface area contributed by atoms with Crippen LogP contribution in [0.15, 0.2) is 18.2 Å². The smallest absolute Gasteiger partial charge is 0.159 e. The standard InChI is InChI=1S/C14H21NO3/c1-4-18-8-7-15(3)10-13-9-12(11(2)16)5-6-14(13)17/h5-6,9,17H,4,7-8,10H2,1-3H3. The first-order valence-corrected chi connectivity index (χ1v) is 6.13. The van der Waals surface area contributed by atoms with Crippen LogP contribution in [-0.2, 0) is 11.3 Å². The van der Waals surface area contributed by atoms with Crippen molar-refractivity contribution >= 4 is 5.78 Å². The van der Waals surface area contributed by atoms with Gasteiger partial charge in [-0.2, -0.15) is 0 Å². The Morgan fingerprint density at radius 2 is 2.17 bits per heavy atom. The Hall–Kier alpha value is -1.39. The fraction of sp³-hybridized carbons (Fsp3) is 0.500. The summed E-state index contributed by atoms with van der Waals surface area (Å²) < 4.78 is 5.28. The summed E-state index contributed by atoms with van der Waals surface area (Å²) in [4.78, 5) is 13.3. The minimum Gasteiger partial charge on any atom is -0.508 e. The van der Waals surface area contributed by atoms with E-state index in [1.165, 1.54) is 6.92 Å². The molecule has 1 rings (SSSR count). The number of carbonyl (C=O) groups excluding carboxylic acids is 1. The molecule has 1 aromatic carbocycles. The Bertz CT molecular complexity index is 404. The van der Waals surface area contributed by atoms with Gasteiger partial charge in [0.15, 0.2) is 5.78 Å². The predicted octanol–water partition coefficient (Wildman–Crippen LogP) is 2.06. The second-order valence-electron chi connectivity index (χ2n) is 4.33. The fourth-order valence-corrected chi connectivity index (χ4v) is 1.67. The minimum atomic E-state index is 0.00761. The topological polar surface area (TPSA) is 49.8 Å². The van der Waals surface area contributed by atoms with E-state index < -0.39 is 0 Å². The third kappa shape index (κ3) is 4.47. The number of carbonyl (C=O) groups is 1. The SMILES string of the molecule is CCOCCN(C)Cc1cc(C(C)=O)ccc1O. The van der Waals surface area contributed by atoms with Crippen molar-refractivity contribution in [3.63, 3.8) is 0 Å². The number of likely N-dealkylation sites (N-methyl/N-ethyl adjacent to an activating group) is 1. The maximum Gasteiger partial charge on any atom is 0.159 e. The quantitative estimate of drug-likeness (QED) is 0.595. The van der Waals surface area contributed by atoms with Crippen LogP contribution in [0.25, 0.3) is 0 Å². The van der Waals surface area contributed by atoms with E-state index in [4.69, 9.17) is 4.74 Å². The largest absolute Gasteiger partial charge is 0.508 e. The molecule has 4 heteroatoms. The van der Waals surface area contributed by atoms with Gasteiger partial charge in [0, 0.05) is 30.8 Å². The molecule has 0 atom stereocenters. The highest BCUT2D eigenvalue weighted by molar-refractivity contribution is 5.94. The number of nitrogens with zero attached hydrogens (tertiary/aromatic N) is 1. The number of hydrogen-bond acceptors (Lipinski definition) is 4. The van der Waals surface area contributed by atoms with Crippen LogP contribution in [0.3, 0.4) is 0 Å². The Balaban J connectivity index is 2.65. The lowest BCUT2D eigenvalue weighted by Crippen LogP contribution is -2.23. The van der Waals surface area contributed by atoms with Crippen LogP contribution < -0.4 is 0 Å². The van der Waals surface area contributed by atoms with Gasteiger partial charge in [0.25, 0.3) is 0 Å². The van der Waals surface area contributed by atoms with Gasteiger partial charge < -0.3 is 9.84 Å². The highest BCUT2D eigenvalue weighted by Gasteiger charge is 2.08. The van der Waals surface area contributed by atoms with E-state index >= 15 is 0 Å². The molecule has 0 aliphatic carbocycles. The molecular formula is C14H21NO3. The first-order valence-electron chi connectivity index (χ1n) is 6.13. The molecule has 0 amide bonds. The summed E-state index contributed by atoms with van der Waals surface area (Å²) in [6.45, 7) is 6.24. The number of phenolic OH excluding ortho intramolecular Hbond substituents is 1. The van der Waals surface area contributed by atoms with Crippen LogP contribution in [0.4, 0.5) is 0 Å². The minimum absolute atomic E-state index is 0.00761. The van der Waals surface area contributed by atoms with Crippen molar-refractivity contribution in [1.29, 1.82) is 0 Å². The van der Waals surface area contributed by atoms with Crippen molar-refractivity contribution in [1.82, 2.24) is 4.90 Å². The van der Waals surface area contributed by atoms with Crippen LogP contribution in [0.5, 0.6) is 5.75 Å². The molecule has 0 unspecified atom stereocenters. The molecule has 4 nitrogen and oxygen atoms in total. The molecule has 1 N–H and O–H groups in total. The Morgan fingerprint density at radius 1 is 1.44 bits per heavy atom. The van der Waals surface area contributed by atoms with E-state index in [-0.39, 0.29) is 11.5 Å². The van der Waals surface area contributed by atoms with Gasteiger partial charge >= 0.3 is 0 Å². The molecule has 0 aromatic heterocycles. The van der Waals surface area contributed by atoms with Crippen molar-refractivity contribution in [2.75, 3.05) is 26.8 Å². The fourth-order valence-electron chi connectivity index (χ4n) is 1.67. The molecule has 0 heterocycles. The van der Waals surface area contributed by atoms with Gasteiger partial charge in [-0.05, 0) is 39.1 Å². The highest BCUT2D eigenvalue weighted by Crippen LogP contribution is 2.20. The number of Topliss-reactive ketones (excluding diaryl/α,β-unsaturated/α-hetero) is 1.